The lowest BCUT2D eigenvalue weighted by Gasteiger charge is -2.07. The molecule has 1 aromatic carbocycles. The summed E-state index contributed by atoms with van der Waals surface area (Å²) in [7, 11) is -3.75. The van der Waals surface area contributed by atoms with Crippen LogP contribution in [-0.4, -0.2) is 38.9 Å². The molecule has 0 fully saturated rings. The zero-order chi connectivity index (χ0) is 22.9. The molecule has 0 radical (unpaired) electrons. The first-order valence-electron chi connectivity index (χ1n) is 9.29. The first kappa shape index (κ1) is 22.2. The molecule has 166 valence electrons. The number of benzene rings is 1. The minimum absolute atomic E-state index is 0.0611. The first-order valence-corrected chi connectivity index (χ1v) is 12.5. The van der Waals surface area contributed by atoms with Crippen molar-refractivity contribution in [3.05, 3.63) is 69.7 Å². The quantitative estimate of drug-likeness (QED) is 0.373. The van der Waals surface area contributed by atoms with E-state index >= 15 is 0 Å². The van der Waals surface area contributed by atoms with Gasteiger partial charge in [0.15, 0.2) is 10.8 Å². The third-order valence-corrected chi connectivity index (χ3v) is 7.84. The van der Waals surface area contributed by atoms with Gasteiger partial charge in [-0.15, -0.1) is 11.3 Å². The van der Waals surface area contributed by atoms with Crippen molar-refractivity contribution >= 4 is 54.0 Å². The highest BCUT2D eigenvalue weighted by Crippen LogP contribution is 2.21. The Labute approximate surface area is 196 Å². The molecule has 0 spiro atoms. The van der Waals surface area contributed by atoms with Crippen LogP contribution in [0.2, 0.25) is 0 Å². The summed E-state index contributed by atoms with van der Waals surface area (Å²) >= 11 is 4.67. The van der Waals surface area contributed by atoms with E-state index in [1.54, 1.807) is 27.0 Å². The number of nitrogens with zero attached hydrogens (tertiary/aromatic N) is 5. The van der Waals surface area contributed by atoms with E-state index < -0.39 is 15.9 Å². The second-order valence-corrected chi connectivity index (χ2v) is 10.2. The van der Waals surface area contributed by atoms with Crippen LogP contribution >= 0.6 is 27.3 Å². The molecule has 3 aromatic heterocycles. The van der Waals surface area contributed by atoms with Crippen molar-refractivity contribution in [1.29, 1.82) is 0 Å². The van der Waals surface area contributed by atoms with Gasteiger partial charge in [0.2, 0.25) is 0 Å². The number of hydrogen-bond donors (Lipinski definition) is 2. The van der Waals surface area contributed by atoms with Crippen molar-refractivity contribution < 1.29 is 13.2 Å². The molecule has 32 heavy (non-hydrogen) atoms. The molecule has 4 aromatic rings. The molecular weight excluding hydrogens is 518 g/mol. The highest BCUT2D eigenvalue weighted by atomic mass is 79.9. The first-order chi connectivity index (χ1) is 15.2. The number of aromatic nitrogens is 5. The van der Waals surface area contributed by atoms with Gasteiger partial charge < -0.3 is 5.32 Å². The van der Waals surface area contributed by atoms with E-state index in [-0.39, 0.29) is 15.7 Å². The van der Waals surface area contributed by atoms with E-state index in [9.17, 15) is 13.2 Å². The molecule has 0 aliphatic heterocycles. The molecule has 0 unspecified atom stereocenters. The van der Waals surface area contributed by atoms with Crippen LogP contribution in [0.3, 0.4) is 0 Å². The zero-order valence-corrected chi connectivity index (χ0v) is 20.2. The lowest BCUT2D eigenvalue weighted by molar-refractivity contribution is 0.102. The van der Waals surface area contributed by atoms with Gasteiger partial charge >= 0.3 is 0 Å². The Morgan fingerprint density at radius 2 is 1.91 bits per heavy atom. The second-order valence-electron chi connectivity index (χ2n) is 6.79. The Kier molecular flexibility index (Phi) is 6.13. The number of thiazole rings is 1. The van der Waals surface area contributed by atoms with E-state index in [2.05, 4.69) is 41.2 Å². The number of carbonyl (C=O) groups is 1. The van der Waals surface area contributed by atoms with Crippen LogP contribution in [0.25, 0.3) is 0 Å². The van der Waals surface area contributed by atoms with Crippen molar-refractivity contribution in [2.24, 2.45) is 0 Å². The molecule has 0 bridgehead atoms. The smallest absolute Gasteiger partial charge is 0.276 e. The number of nitrogens with one attached hydrogen (secondary N) is 2. The van der Waals surface area contributed by atoms with Crippen LogP contribution in [0, 0.1) is 13.8 Å². The predicted molar refractivity (Wildman–Crippen MR) is 124 cm³/mol. The average Bonchev–Trinajstić information content (AvgIpc) is 3.48. The number of anilines is 2. The summed E-state index contributed by atoms with van der Waals surface area (Å²) in [5, 5.41) is 13.4. The maximum absolute atomic E-state index is 12.5. The fourth-order valence-electron chi connectivity index (χ4n) is 2.87. The standard InChI is InChI=1S/C19H18BrN7O3S2/c1-12-17(20)13(2)27(23-12)11-26-9-7-16(24-26)18(28)22-14-3-5-15(6-4-14)32(29,30)25-19-21-8-10-31-19/h3-10H,11H2,1-2H3,(H,21,25)(H,22,28). The molecule has 4 rings (SSSR count). The van der Waals surface area contributed by atoms with Gasteiger partial charge in [-0.3, -0.25) is 14.2 Å². The lowest BCUT2D eigenvalue weighted by Crippen LogP contribution is -2.16. The fourth-order valence-corrected chi connectivity index (χ4v) is 4.94. The number of amides is 1. The van der Waals surface area contributed by atoms with Gasteiger partial charge in [-0.1, -0.05) is 0 Å². The van der Waals surface area contributed by atoms with E-state index in [1.807, 2.05) is 13.8 Å². The summed E-state index contributed by atoms with van der Waals surface area (Å²) in [4.78, 5) is 16.5. The molecular formula is C19H18BrN7O3S2. The summed E-state index contributed by atoms with van der Waals surface area (Å²) in [6.07, 6.45) is 3.21. The van der Waals surface area contributed by atoms with Crippen LogP contribution in [-0.2, 0) is 16.7 Å². The van der Waals surface area contributed by atoms with Gasteiger partial charge in [0.1, 0.15) is 6.67 Å². The highest BCUT2D eigenvalue weighted by Gasteiger charge is 2.16. The van der Waals surface area contributed by atoms with Gasteiger partial charge in [-0.25, -0.2) is 18.1 Å². The third kappa shape index (κ3) is 4.74. The Morgan fingerprint density at radius 1 is 1.16 bits per heavy atom. The monoisotopic (exact) mass is 535 g/mol. The number of sulfonamides is 1. The maximum Gasteiger partial charge on any atom is 0.276 e. The van der Waals surface area contributed by atoms with Crippen molar-refractivity contribution in [2.45, 2.75) is 25.4 Å². The summed E-state index contributed by atoms with van der Waals surface area (Å²) < 4.78 is 31.5. The molecule has 0 saturated heterocycles. The molecule has 3 heterocycles. The van der Waals surface area contributed by atoms with Crippen molar-refractivity contribution in [1.82, 2.24) is 24.5 Å². The molecule has 0 saturated carbocycles. The lowest BCUT2D eigenvalue weighted by atomic mass is 10.3. The Bertz CT molecular complexity index is 1360. The van der Waals surface area contributed by atoms with Crippen LogP contribution in [0.1, 0.15) is 21.9 Å². The molecule has 0 atom stereocenters. The molecule has 1 amide bonds. The second kappa shape index (κ2) is 8.84. The SMILES string of the molecule is Cc1nn(Cn2ccc(C(=O)Nc3ccc(S(=O)(=O)Nc4nccs4)cc3)n2)c(C)c1Br. The maximum atomic E-state index is 12.5. The van der Waals surface area contributed by atoms with Gasteiger partial charge in [0.05, 0.1) is 20.8 Å². The van der Waals surface area contributed by atoms with Crippen molar-refractivity contribution in [3.63, 3.8) is 0 Å². The number of rotatable bonds is 7. The number of aryl methyl sites for hydroxylation is 1. The van der Waals surface area contributed by atoms with Crippen molar-refractivity contribution in [3.8, 4) is 0 Å². The molecule has 0 aliphatic rings. The van der Waals surface area contributed by atoms with E-state index in [4.69, 9.17) is 0 Å². The van der Waals surface area contributed by atoms with Crippen LogP contribution in [0.15, 0.2) is 57.5 Å². The number of carbonyl (C=O) groups excluding carboxylic acids is 1. The molecule has 2 N–H and O–H groups in total. The minimum Gasteiger partial charge on any atom is -0.321 e. The largest absolute Gasteiger partial charge is 0.321 e. The normalized spacial score (nSPS) is 11.5. The molecule has 13 heteroatoms. The van der Waals surface area contributed by atoms with Crippen LogP contribution in [0.5, 0.6) is 0 Å². The van der Waals surface area contributed by atoms with Crippen molar-refractivity contribution in [2.75, 3.05) is 10.0 Å². The number of halogens is 1. The highest BCUT2D eigenvalue weighted by molar-refractivity contribution is 9.10. The van der Waals surface area contributed by atoms with Gasteiger partial charge in [0.25, 0.3) is 15.9 Å². The Balaban J connectivity index is 1.41. The summed E-state index contributed by atoms with van der Waals surface area (Å²) in [6.45, 7) is 4.21. The van der Waals surface area contributed by atoms with E-state index in [0.29, 0.717) is 12.4 Å². The molecule has 10 nitrogen and oxygen atoms in total. The topological polar surface area (TPSA) is 124 Å². The Hall–Kier alpha value is -3.03. The van der Waals surface area contributed by atoms with Crippen LogP contribution < -0.4 is 10.0 Å². The van der Waals surface area contributed by atoms with E-state index in [0.717, 1.165) is 15.9 Å². The number of hydrogen-bond acceptors (Lipinski definition) is 7. The van der Waals surface area contributed by atoms with Gasteiger partial charge in [-0.2, -0.15) is 10.2 Å². The van der Waals surface area contributed by atoms with Gasteiger partial charge in [0, 0.05) is 23.5 Å². The zero-order valence-electron chi connectivity index (χ0n) is 17.0. The van der Waals surface area contributed by atoms with E-state index in [1.165, 1.54) is 41.8 Å². The Morgan fingerprint density at radius 3 is 2.53 bits per heavy atom. The predicted octanol–water partition coefficient (Wildman–Crippen LogP) is 3.47. The minimum atomic E-state index is -3.75. The average molecular weight is 536 g/mol. The van der Waals surface area contributed by atoms with Crippen LogP contribution in [0.4, 0.5) is 10.8 Å². The van der Waals surface area contributed by atoms with Gasteiger partial charge in [-0.05, 0) is 60.1 Å². The third-order valence-electron chi connectivity index (χ3n) is 4.52. The summed E-state index contributed by atoms with van der Waals surface area (Å²) in [5.41, 5.74) is 2.51. The summed E-state index contributed by atoms with van der Waals surface area (Å²) in [6, 6.07) is 7.44. The summed E-state index contributed by atoms with van der Waals surface area (Å²) in [5.74, 6) is -0.408. The molecule has 0 aliphatic carbocycles. The fraction of sp³-hybridized carbons (Fsp3) is 0.158.